The van der Waals surface area contributed by atoms with Gasteiger partial charge in [-0.05, 0) is 26.0 Å². The maximum Gasteiger partial charge on any atom is 0.140 e. The number of likely N-dealkylation sites (N-methyl/N-ethyl adjacent to an activating group) is 1. The van der Waals surface area contributed by atoms with Crippen LogP contribution in [0.3, 0.4) is 0 Å². The second-order valence-corrected chi connectivity index (χ2v) is 5.21. The lowest BCUT2D eigenvalue weighted by molar-refractivity contribution is 0.256. The van der Waals surface area contributed by atoms with E-state index in [-0.39, 0.29) is 6.61 Å². The van der Waals surface area contributed by atoms with Crippen LogP contribution in [0, 0.1) is 13.8 Å². The van der Waals surface area contributed by atoms with Crippen LogP contribution in [0.15, 0.2) is 48.5 Å². The number of benzene rings is 2. The molecular formula is C17H22NO+. The maximum absolute atomic E-state index is 9.49. The molecule has 0 saturated heterocycles. The zero-order chi connectivity index (χ0) is 13.9. The standard InChI is InChI=1S/C17H22NO/c1-14-8-4-6-10-16(14)18(3,12-13-19)17-11-7-5-9-15(17)2/h4-11,19H,12-13H2,1-3H3/q+1. The van der Waals surface area contributed by atoms with Crippen LogP contribution in [0.1, 0.15) is 11.1 Å². The van der Waals surface area contributed by atoms with E-state index in [0.29, 0.717) is 11.0 Å². The third-order valence-corrected chi connectivity index (χ3v) is 3.84. The number of hydrogen-bond acceptors (Lipinski definition) is 1. The first-order valence-corrected chi connectivity index (χ1v) is 6.68. The lowest BCUT2D eigenvalue weighted by atomic mass is 10.1. The minimum atomic E-state index is 0.166. The summed E-state index contributed by atoms with van der Waals surface area (Å²) in [6, 6.07) is 16.8. The third kappa shape index (κ3) is 2.55. The number of rotatable bonds is 4. The summed E-state index contributed by atoms with van der Waals surface area (Å²) in [5.74, 6) is 0. The SMILES string of the molecule is Cc1ccccc1[N+](C)(CCO)c1ccccc1C. The number of aliphatic hydroxyl groups excluding tert-OH is 1. The van der Waals surface area contributed by atoms with Crippen LogP contribution < -0.4 is 4.48 Å². The summed E-state index contributed by atoms with van der Waals surface area (Å²) >= 11 is 0. The van der Waals surface area contributed by atoms with E-state index in [4.69, 9.17) is 0 Å². The molecule has 2 aromatic carbocycles. The average Bonchev–Trinajstić information content (AvgIpc) is 2.39. The van der Waals surface area contributed by atoms with Crippen molar-refractivity contribution >= 4 is 11.4 Å². The summed E-state index contributed by atoms with van der Waals surface area (Å²) in [5.41, 5.74) is 4.99. The molecule has 0 aromatic heterocycles. The molecule has 0 saturated carbocycles. The second-order valence-electron chi connectivity index (χ2n) is 5.21. The van der Waals surface area contributed by atoms with Gasteiger partial charge in [0.15, 0.2) is 0 Å². The molecule has 0 fully saturated rings. The molecule has 0 atom stereocenters. The highest BCUT2D eigenvalue weighted by atomic mass is 16.3. The van der Waals surface area contributed by atoms with Crippen molar-refractivity contribution < 1.29 is 5.11 Å². The highest BCUT2D eigenvalue weighted by molar-refractivity contribution is 5.63. The third-order valence-electron chi connectivity index (χ3n) is 3.84. The van der Waals surface area contributed by atoms with Gasteiger partial charge in [0.2, 0.25) is 0 Å². The van der Waals surface area contributed by atoms with Crippen LogP contribution in [-0.4, -0.2) is 25.3 Å². The van der Waals surface area contributed by atoms with E-state index >= 15 is 0 Å². The molecule has 0 bridgehead atoms. The van der Waals surface area contributed by atoms with E-state index in [0.717, 1.165) is 0 Å². The Labute approximate surface area is 115 Å². The molecule has 2 nitrogen and oxygen atoms in total. The van der Waals surface area contributed by atoms with Crippen molar-refractivity contribution in [1.29, 1.82) is 0 Å². The molecule has 0 heterocycles. The molecule has 0 aliphatic heterocycles. The number of aryl methyl sites for hydroxylation is 2. The van der Waals surface area contributed by atoms with Gasteiger partial charge in [0.25, 0.3) is 0 Å². The second kappa shape index (κ2) is 5.55. The van der Waals surface area contributed by atoms with Crippen LogP contribution in [0.2, 0.25) is 0 Å². The predicted octanol–water partition coefficient (Wildman–Crippen LogP) is 3.56. The topological polar surface area (TPSA) is 20.2 Å². The summed E-state index contributed by atoms with van der Waals surface area (Å²) in [6.07, 6.45) is 0. The Kier molecular flexibility index (Phi) is 4.03. The van der Waals surface area contributed by atoms with Gasteiger partial charge in [0.05, 0.1) is 13.7 Å². The Morgan fingerprint density at radius 2 is 1.26 bits per heavy atom. The van der Waals surface area contributed by atoms with E-state index in [9.17, 15) is 5.11 Å². The van der Waals surface area contributed by atoms with Crippen molar-refractivity contribution in [2.24, 2.45) is 0 Å². The van der Waals surface area contributed by atoms with Crippen molar-refractivity contribution in [2.75, 3.05) is 20.2 Å². The van der Waals surface area contributed by atoms with Crippen molar-refractivity contribution in [2.45, 2.75) is 13.8 Å². The minimum absolute atomic E-state index is 0.166. The Balaban J connectivity index is 2.62. The lowest BCUT2D eigenvalue weighted by Gasteiger charge is -2.35. The summed E-state index contributed by atoms with van der Waals surface area (Å²) < 4.78 is 0.635. The number of nitrogens with zero attached hydrogens (tertiary/aromatic N) is 1. The summed E-state index contributed by atoms with van der Waals surface area (Å²) in [5, 5.41) is 9.49. The number of aliphatic hydroxyl groups is 1. The molecule has 0 unspecified atom stereocenters. The normalized spacial score (nSPS) is 11.6. The van der Waals surface area contributed by atoms with Crippen LogP contribution in [0.4, 0.5) is 11.4 Å². The Morgan fingerprint density at radius 3 is 1.63 bits per heavy atom. The van der Waals surface area contributed by atoms with Crippen LogP contribution in [0.5, 0.6) is 0 Å². The molecule has 0 radical (unpaired) electrons. The Morgan fingerprint density at radius 1 is 0.842 bits per heavy atom. The zero-order valence-corrected chi connectivity index (χ0v) is 11.9. The fraction of sp³-hybridized carbons (Fsp3) is 0.294. The van der Waals surface area contributed by atoms with Crippen molar-refractivity contribution in [3.63, 3.8) is 0 Å². The zero-order valence-electron chi connectivity index (χ0n) is 11.9. The van der Waals surface area contributed by atoms with Gasteiger partial charge in [0.1, 0.15) is 17.9 Å². The van der Waals surface area contributed by atoms with E-state index in [1.807, 2.05) is 0 Å². The smallest absolute Gasteiger partial charge is 0.140 e. The number of hydrogen-bond donors (Lipinski definition) is 1. The van der Waals surface area contributed by atoms with Gasteiger partial charge in [-0.2, -0.15) is 0 Å². The molecule has 0 aliphatic rings. The molecule has 2 heteroatoms. The molecule has 1 N–H and O–H groups in total. The van der Waals surface area contributed by atoms with Gasteiger partial charge in [0, 0.05) is 11.1 Å². The van der Waals surface area contributed by atoms with Gasteiger partial charge < -0.3 is 5.11 Å². The molecule has 19 heavy (non-hydrogen) atoms. The summed E-state index contributed by atoms with van der Waals surface area (Å²) in [6.45, 7) is 5.10. The first-order valence-electron chi connectivity index (χ1n) is 6.68. The number of quaternary nitrogens is 1. The monoisotopic (exact) mass is 256 g/mol. The van der Waals surface area contributed by atoms with E-state index in [2.05, 4.69) is 69.4 Å². The van der Waals surface area contributed by atoms with Gasteiger partial charge in [-0.3, -0.25) is 4.48 Å². The molecule has 0 amide bonds. The Hall–Kier alpha value is -1.64. The van der Waals surface area contributed by atoms with Crippen molar-refractivity contribution in [1.82, 2.24) is 4.48 Å². The van der Waals surface area contributed by atoms with E-state index in [1.165, 1.54) is 22.5 Å². The first kappa shape index (κ1) is 13.8. The van der Waals surface area contributed by atoms with Crippen molar-refractivity contribution in [3.8, 4) is 0 Å². The largest absolute Gasteiger partial charge is 0.390 e. The highest BCUT2D eigenvalue weighted by Gasteiger charge is 2.30. The molecule has 0 spiro atoms. The quantitative estimate of drug-likeness (QED) is 0.829. The van der Waals surface area contributed by atoms with Crippen molar-refractivity contribution in [3.05, 3.63) is 59.7 Å². The van der Waals surface area contributed by atoms with Gasteiger partial charge >= 0.3 is 0 Å². The van der Waals surface area contributed by atoms with Crippen LogP contribution >= 0.6 is 0 Å². The van der Waals surface area contributed by atoms with Crippen LogP contribution in [0.25, 0.3) is 0 Å². The average molecular weight is 256 g/mol. The first-order chi connectivity index (χ1) is 9.09. The van der Waals surface area contributed by atoms with Crippen LogP contribution in [-0.2, 0) is 0 Å². The van der Waals surface area contributed by atoms with E-state index in [1.54, 1.807) is 0 Å². The maximum atomic E-state index is 9.49. The molecule has 2 aromatic rings. The fourth-order valence-electron chi connectivity index (χ4n) is 2.80. The highest BCUT2D eigenvalue weighted by Crippen LogP contribution is 2.36. The fourth-order valence-corrected chi connectivity index (χ4v) is 2.80. The minimum Gasteiger partial charge on any atom is -0.390 e. The lowest BCUT2D eigenvalue weighted by Crippen LogP contribution is -2.43. The predicted molar refractivity (Wildman–Crippen MR) is 81.7 cm³/mol. The molecule has 2 rings (SSSR count). The summed E-state index contributed by atoms with van der Waals surface area (Å²) in [7, 11) is 2.17. The Bertz CT molecular complexity index is 517. The summed E-state index contributed by atoms with van der Waals surface area (Å²) in [4.78, 5) is 0. The molecule has 100 valence electrons. The molecular weight excluding hydrogens is 234 g/mol. The molecule has 0 aliphatic carbocycles. The van der Waals surface area contributed by atoms with Gasteiger partial charge in [-0.25, -0.2) is 0 Å². The van der Waals surface area contributed by atoms with Gasteiger partial charge in [-0.1, -0.05) is 36.4 Å². The number of para-hydroxylation sites is 2. The van der Waals surface area contributed by atoms with Gasteiger partial charge in [-0.15, -0.1) is 0 Å². The van der Waals surface area contributed by atoms with E-state index < -0.39 is 0 Å².